The van der Waals surface area contributed by atoms with E-state index in [1.807, 2.05) is 18.2 Å². The summed E-state index contributed by atoms with van der Waals surface area (Å²) in [6.45, 7) is 2.13. The molecule has 1 atom stereocenters. The highest BCUT2D eigenvalue weighted by molar-refractivity contribution is 5.89. The molecule has 6 heteroatoms. The summed E-state index contributed by atoms with van der Waals surface area (Å²) in [4.78, 5) is 33.5. The Balaban J connectivity index is 3.80. The molecule has 0 saturated heterocycles. The lowest BCUT2D eigenvalue weighted by molar-refractivity contribution is -0.160. The van der Waals surface area contributed by atoms with Crippen molar-refractivity contribution >= 4 is 17.9 Å². The van der Waals surface area contributed by atoms with E-state index >= 15 is 0 Å². The minimum atomic E-state index is -1.11. The smallest absolute Gasteiger partial charge is 0.330 e. The van der Waals surface area contributed by atoms with Crippen LogP contribution in [0.4, 0.5) is 0 Å². The fourth-order valence-electron chi connectivity index (χ4n) is 2.33. The van der Waals surface area contributed by atoms with Gasteiger partial charge in [0.1, 0.15) is 6.04 Å². The molecule has 0 bridgehead atoms. The van der Waals surface area contributed by atoms with Crippen LogP contribution in [0, 0.1) is 0 Å². The number of hydrogen-bond donors (Lipinski definition) is 2. The number of ether oxygens (including phenoxy) is 1. The highest BCUT2D eigenvalue weighted by atomic mass is 16.6. The van der Waals surface area contributed by atoms with Gasteiger partial charge in [-0.1, -0.05) is 79.8 Å². The summed E-state index contributed by atoms with van der Waals surface area (Å²) in [6.07, 6.45) is 29.8. The van der Waals surface area contributed by atoms with Crippen LogP contribution in [-0.2, 0) is 19.1 Å². The number of carboxylic acids is 1. The summed E-state index contributed by atoms with van der Waals surface area (Å²) >= 11 is 0. The van der Waals surface area contributed by atoms with Crippen LogP contribution in [0.2, 0.25) is 0 Å². The van der Waals surface area contributed by atoms with Gasteiger partial charge in [0.15, 0.2) is 0 Å². The van der Waals surface area contributed by atoms with Crippen LogP contribution in [0.5, 0.6) is 0 Å². The lowest BCUT2D eigenvalue weighted by Crippen LogP contribution is -2.34. The van der Waals surface area contributed by atoms with E-state index in [1.54, 1.807) is 6.08 Å². The van der Waals surface area contributed by atoms with Gasteiger partial charge in [0.2, 0.25) is 0 Å². The van der Waals surface area contributed by atoms with Crippen molar-refractivity contribution in [3.8, 4) is 0 Å². The number of carbonyl (C=O) groups excluding carboxylic acids is 2. The molecular weight excluding hydrogens is 406 g/mol. The van der Waals surface area contributed by atoms with E-state index in [-0.39, 0.29) is 19.3 Å². The minimum Gasteiger partial charge on any atom is -0.481 e. The standard InChI is InChI=1S/C26H37NO5/c1-2-3-4-5-6-7-8-9-10-11-12-13-14-15-16-17-18-19-20-25(30)32-26(31)23(27)21-22-24(28)29/h3-4,6-7,9-10,12-13,15-16,18-19,23H,2,5,8,11,14,17,20-22,27H2,1H3,(H,28,29). The average molecular weight is 444 g/mol. The maximum absolute atomic E-state index is 11.6. The van der Waals surface area contributed by atoms with Crippen molar-refractivity contribution in [1.82, 2.24) is 0 Å². The molecule has 0 aromatic carbocycles. The molecule has 3 N–H and O–H groups in total. The van der Waals surface area contributed by atoms with E-state index in [0.717, 1.165) is 32.1 Å². The summed E-state index contributed by atoms with van der Waals surface area (Å²) in [7, 11) is 0. The van der Waals surface area contributed by atoms with Gasteiger partial charge < -0.3 is 15.6 Å². The summed E-state index contributed by atoms with van der Waals surface area (Å²) in [5.41, 5.74) is 5.48. The summed E-state index contributed by atoms with van der Waals surface area (Å²) < 4.78 is 4.59. The van der Waals surface area contributed by atoms with Gasteiger partial charge in [0.05, 0.1) is 6.42 Å². The van der Waals surface area contributed by atoms with Crippen LogP contribution in [0.25, 0.3) is 0 Å². The Hall–Kier alpha value is -2.99. The fraction of sp³-hybridized carbons (Fsp3) is 0.423. The Morgan fingerprint density at radius 1 is 0.750 bits per heavy atom. The van der Waals surface area contributed by atoms with E-state index in [1.165, 1.54) is 0 Å². The van der Waals surface area contributed by atoms with Gasteiger partial charge in [-0.15, -0.1) is 0 Å². The van der Waals surface area contributed by atoms with Crippen LogP contribution in [-0.4, -0.2) is 29.1 Å². The van der Waals surface area contributed by atoms with E-state index in [9.17, 15) is 14.4 Å². The van der Waals surface area contributed by atoms with Crippen molar-refractivity contribution in [2.24, 2.45) is 5.73 Å². The molecule has 0 aliphatic rings. The molecule has 0 aromatic rings. The first-order chi connectivity index (χ1) is 15.5. The van der Waals surface area contributed by atoms with E-state index < -0.39 is 23.9 Å². The molecule has 32 heavy (non-hydrogen) atoms. The van der Waals surface area contributed by atoms with Crippen LogP contribution in [0.15, 0.2) is 72.9 Å². The summed E-state index contributed by atoms with van der Waals surface area (Å²) in [5.74, 6) is -2.67. The normalized spacial score (nSPS) is 13.4. The molecule has 0 heterocycles. The largest absolute Gasteiger partial charge is 0.481 e. The molecule has 6 nitrogen and oxygen atoms in total. The van der Waals surface area contributed by atoms with Crippen LogP contribution >= 0.6 is 0 Å². The second kappa shape index (κ2) is 21.2. The van der Waals surface area contributed by atoms with Crippen molar-refractivity contribution < 1.29 is 24.2 Å². The van der Waals surface area contributed by atoms with Crippen LogP contribution in [0.1, 0.15) is 64.7 Å². The molecule has 176 valence electrons. The van der Waals surface area contributed by atoms with Crippen molar-refractivity contribution in [2.75, 3.05) is 0 Å². The second-order valence-electron chi connectivity index (χ2n) is 6.95. The van der Waals surface area contributed by atoms with Crippen LogP contribution in [0.3, 0.4) is 0 Å². The minimum absolute atomic E-state index is 0.0396. The quantitative estimate of drug-likeness (QED) is 0.179. The zero-order chi connectivity index (χ0) is 23.9. The Morgan fingerprint density at radius 3 is 1.56 bits per heavy atom. The van der Waals surface area contributed by atoms with Crippen molar-refractivity contribution in [3.63, 3.8) is 0 Å². The van der Waals surface area contributed by atoms with Gasteiger partial charge in [-0.3, -0.25) is 9.59 Å². The number of carboxylic acid groups (broad SMARTS) is 1. The molecule has 0 fully saturated rings. The maximum Gasteiger partial charge on any atom is 0.330 e. The Bertz CT molecular complexity index is 714. The monoisotopic (exact) mass is 443 g/mol. The molecule has 0 spiro atoms. The highest BCUT2D eigenvalue weighted by Gasteiger charge is 2.19. The van der Waals surface area contributed by atoms with Gasteiger partial charge >= 0.3 is 17.9 Å². The number of allylic oxidation sites excluding steroid dienone is 11. The first-order valence-corrected chi connectivity index (χ1v) is 11.1. The van der Waals surface area contributed by atoms with Gasteiger partial charge in [0, 0.05) is 6.42 Å². The van der Waals surface area contributed by atoms with Gasteiger partial charge in [-0.25, -0.2) is 4.79 Å². The molecule has 0 aliphatic carbocycles. The van der Waals surface area contributed by atoms with Gasteiger partial charge in [-0.05, 0) is 44.9 Å². The van der Waals surface area contributed by atoms with Crippen molar-refractivity contribution in [1.29, 1.82) is 0 Å². The number of rotatable bonds is 17. The number of carbonyl (C=O) groups is 3. The average Bonchev–Trinajstić information content (AvgIpc) is 2.76. The Labute approximate surface area is 191 Å². The molecule has 0 radical (unpaired) electrons. The number of aliphatic carboxylic acids is 1. The van der Waals surface area contributed by atoms with Gasteiger partial charge in [0.25, 0.3) is 0 Å². The predicted molar refractivity (Wildman–Crippen MR) is 129 cm³/mol. The molecule has 1 unspecified atom stereocenters. The predicted octanol–water partition coefficient (Wildman–Crippen LogP) is 5.34. The van der Waals surface area contributed by atoms with Crippen LogP contribution < -0.4 is 5.73 Å². The second-order valence-corrected chi connectivity index (χ2v) is 6.95. The summed E-state index contributed by atoms with van der Waals surface area (Å²) in [6, 6.07) is -1.11. The molecule has 0 amide bonds. The highest BCUT2D eigenvalue weighted by Crippen LogP contribution is 2.00. The van der Waals surface area contributed by atoms with E-state index in [4.69, 9.17) is 10.8 Å². The third-order valence-electron chi connectivity index (χ3n) is 4.07. The summed E-state index contributed by atoms with van der Waals surface area (Å²) in [5, 5.41) is 8.55. The molecule has 0 aromatic heterocycles. The van der Waals surface area contributed by atoms with E-state index in [0.29, 0.717) is 6.42 Å². The van der Waals surface area contributed by atoms with Gasteiger partial charge in [-0.2, -0.15) is 0 Å². The number of hydrogen-bond acceptors (Lipinski definition) is 5. The molecular formula is C26H37NO5. The zero-order valence-electron chi connectivity index (χ0n) is 19.0. The van der Waals surface area contributed by atoms with E-state index in [2.05, 4.69) is 60.3 Å². The lowest BCUT2D eigenvalue weighted by atomic mass is 10.2. The first-order valence-electron chi connectivity index (χ1n) is 11.1. The van der Waals surface area contributed by atoms with Crippen molar-refractivity contribution in [2.45, 2.75) is 70.8 Å². The fourth-order valence-corrected chi connectivity index (χ4v) is 2.33. The molecule has 0 rings (SSSR count). The Morgan fingerprint density at radius 2 is 1.16 bits per heavy atom. The third-order valence-corrected chi connectivity index (χ3v) is 4.07. The maximum atomic E-state index is 11.6. The Kier molecular flexibility index (Phi) is 19.3. The SMILES string of the molecule is CCC=CCC=CCC=CCC=CCC=CCC=CCC(=O)OC(=O)C(N)CCC(=O)O. The third kappa shape index (κ3) is 20.3. The molecule has 0 saturated carbocycles. The first kappa shape index (κ1) is 29.0. The topological polar surface area (TPSA) is 107 Å². The molecule has 0 aliphatic heterocycles. The zero-order valence-corrected chi connectivity index (χ0v) is 19.0. The number of nitrogens with two attached hydrogens (primary N) is 1. The number of esters is 2. The lowest BCUT2D eigenvalue weighted by Gasteiger charge is -2.08. The van der Waals surface area contributed by atoms with Crippen molar-refractivity contribution in [3.05, 3.63) is 72.9 Å².